The van der Waals surface area contributed by atoms with E-state index in [4.69, 9.17) is 4.74 Å². The van der Waals surface area contributed by atoms with Gasteiger partial charge in [0.15, 0.2) is 0 Å². The number of benzene rings is 3. The highest BCUT2D eigenvalue weighted by Crippen LogP contribution is 2.33. The molecule has 5 amide bonds. The van der Waals surface area contributed by atoms with E-state index in [1.54, 1.807) is 30.3 Å². The molecule has 13 nitrogen and oxygen atoms in total. The molecule has 0 bridgehead atoms. The zero-order valence-electron chi connectivity index (χ0n) is 34.0. The smallest absolute Gasteiger partial charge is 0.410 e. The Morgan fingerprint density at radius 2 is 1.60 bits per heavy atom. The Balaban J connectivity index is 1.22. The van der Waals surface area contributed by atoms with Gasteiger partial charge in [-0.1, -0.05) is 95.3 Å². The number of aliphatic carboxylic acids is 1. The van der Waals surface area contributed by atoms with Crippen molar-refractivity contribution in [1.82, 2.24) is 25.8 Å². The summed E-state index contributed by atoms with van der Waals surface area (Å²) in [4.78, 5) is 83.8. The van der Waals surface area contributed by atoms with Crippen LogP contribution in [0.4, 0.5) is 4.79 Å². The van der Waals surface area contributed by atoms with Gasteiger partial charge >= 0.3 is 12.1 Å². The number of ether oxygens (including phenoxy) is 1. The van der Waals surface area contributed by atoms with E-state index >= 15 is 0 Å². The number of carbonyl (C=O) groups is 6. The number of fused-ring (bicyclic) bond motifs is 2. The number of likely N-dealkylation sites (tertiary alicyclic amines) is 1. The van der Waals surface area contributed by atoms with Gasteiger partial charge in [-0.25, -0.2) is 9.59 Å². The summed E-state index contributed by atoms with van der Waals surface area (Å²) in [6.07, 6.45) is 2.63. The minimum atomic E-state index is -1.20. The average molecular weight is 794 g/mol. The number of hydrogen-bond acceptors (Lipinski definition) is 7. The number of carboxylic acids is 1. The molecule has 0 aromatic heterocycles. The number of nitrogens with one attached hydrogen (secondary N) is 3. The van der Waals surface area contributed by atoms with Crippen LogP contribution in [0.3, 0.4) is 0 Å². The molecule has 4 N–H and O–H groups in total. The third-order valence-corrected chi connectivity index (χ3v) is 11.7. The topological polar surface area (TPSA) is 174 Å². The number of amides is 5. The van der Waals surface area contributed by atoms with Crippen molar-refractivity contribution in [1.29, 1.82) is 0 Å². The molecule has 6 atom stereocenters. The van der Waals surface area contributed by atoms with Crippen LogP contribution in [0.5, 0.6) is 0 Å². The van der Waals surface area contributed by atoms with Crippen LogP contribution in [0.25, 0.3) is 0 Å². The average Bonchev–Trinajstić information content (AvgIpc) is 3.65. The van der Waals surface area contributed by atoms with Crippen LogP contribution < -0.4 is 16.0 Å². The van der Waals surface area contributed by atoms with Gasteiger partial charge in [0, 0.05) is 43.5 Å². The molecule has 308 valence electrons. The first-order valence-electron chi connectivity index (χ1n) is 20.3. The van der Waals surface area contributed by atoms with E-state index in [1.165, 1.54) is 10.5 Å². The molecular formula is C45H55N5O8. The Morgan fingerprint density at radius 3 is 2.31 bits per heavy atom. The predicted molar refractivity (Wildman–Crippen MR) is 216 cm³/mol. The monoisotopic (exact) mass is 793 g/mol. The maximum atomic E-state index is 14.7. The second-order valence-corrected chi connectivity index (χ2v) is 16.9. The van der Waals surface area contributed by atoms with Crippen molar-refractivity contribution < 1.29 is 38.6 Å². The molecule has 13 heteroatoms. The van der Waals surface area contributed by atoms with Crippen molar-refractivity contribution in [3.63, 3.8) is 0 Å². The molecule has 2 aliphatic heterocycles. The van der Waals surface area contributed by atoms with Crippen molar-refractivity contribution in [2.75, 3.05) is 6.54 Å². The second-order valence-electron chi connectivity index (χ2n) is 16.9. The number of carboxylic acid groups (broad SMARTS) is 1. The molecule has 6 rings (SSSR count). The Labute approximate surface area is 339 Å². The van der Waals surface area contributed by atoms with Gasteiger partial charge in [0.25, 0.3) is 5.91 Å². The maximum absolute atomic E-state index is 14.7. The molecule has 58 heavy (non-hydrogen) atoms. The highest BCUT2D eigenvalue weighted by atomic mass is 16.6. The lowest BCUT2D eigenvalue weighted by molar-refractivity contribution is -0.147. The summed E-state index contributed by atoms with van der Waals surface area (Å²) >= 11 is 0. The molecular weight excluding hydrogens is 739 g/mol. The van der Waals surface area contributed by atoms with Crippen LogP contribution in [-0.2, 0) is 49.9 Å². The standard InChI is InChI=1S/C45H55N5O8/c1-6-27(2)39(51)48-38(45(3,4)5)42(54)49-24-32-21-31(20-19-30(32)22-36(49)41(53)47-35-18-12-16-29-15-10-11-17-34(29)35)40(52)46-33-23-37(43(55)56)50(25-33)44(57)58-26-28-13-8-7-9-14-28/h7-11,13-15,17,19-21,27,33,35-38H,6,12,16,18,22-26H2,1-5H3,(H,46,52)(H,47,53)(H,48,51)(H,55,56)/t27-,33?,35?,36+,37+,38-/m1/s1. The van der Waals surface area contributed by atoms with Gasteiger partial charge in [-0.05, 0) is 71.0 Å². The SMILES string of the molecule is CC[C@@H](C)C(=O)N[C@H](C(=O)N1Cc2cc(C(=O)NC3C[C@@H](C(=O)O)N(C(=O)OCc4ccccc4)C3)ccc2C[C@H]1C(=O)NC1CCCc2ccccc21)C(C)(C)C. The van der Waals surface area contributed by atoms with Crippen LogP contribution >= 0.6 is 0 Å². The van der Waals surface area contributed by atoms with Gasteiger partial charge in [-0.3, -0.25) is 24.1 Å². The first-order valence-corrected chi connectivity index (χ1v) is 20.3. The zero-order chi connectivity index (χ0) is 41.7. The summed E-state index contributed by atoms with van der Waals surface area (Å²) < 4.78 is 5.41. The van der Waals surface area contributed by atoms with Crippen LogP contribution in [0, 0.1) is 11.3 Å². The number of nitrogens with zero attached hydrogens (tertiary/aromatic N) is 2. The zero-order valence-corrected chi connectivity index (χ0v) is 34.0. The first-order chi connectivity index (χ1) is 27.6. The predicted octanol–water partition coefficient (Wildman–Crippen LogP) is 5.30. The summed E-state index contributed by atoms with van der Waals surface area (Å²) in [5.74, 6) is -2.91. The summed E-state index contributed by atoms with van der Waals surface area (Å²) in [6, 6.07) is 18.4. The molecule has 1 aliphatic carbocycles. The third kappa shape index (κ3) is 9.52. The lowest BCUT2D eigenvalue weighted by Crippen LogP contribution is -2.61. The molecule has 0 spiro atoms. The van der Waals surface area contributed by atoms with E-state index in [-0.39, 0.29) is 61.9 Å². The molecule has 2 heterocycles. The molecule has 3 aliphatic rings. The highest BCUT2D eigenvalue weighted by molar-refractivity contribution is 5.96. The fourth-order valence-electron chi connectivity index (χ4n) is 8.10. The summed E-state index contributed by atoms with van der Waals surface area (Å²) in [5.41, 5.74) is 4.09. The number of aryl methyl sites for hydroxylation is 1. The van der Waals surface area contributed by atoms with E-state index in [9.17, 15) is 33.9 Å². The molecule has 0 saturated carbocycles. The maximum Gasteiger partial charge on any atom is 0.410 e. The minimum Gasteiger partial charge on any atom is -0.480 e. The van der Waals surface area contributed by atoms with Crippen molar-refractivity contribution in [3.05, 3.63) is 106 Å². The first kappa shape index (κ1) is 41.9. The Bertz CT molecular complexity index is 2030. The van der Waals surface area contributed by atoms with Gasteiger partial charge in [0.2, 0.25) is 17.7 Å². The molecule has 3 aromatic rings. The highest BCUT2D eigenvalue weighted by Gasteiger charge is 2.44. The lowest BCUT2D eigenvalue weighted by atomic mass is 9.83. The van der Waals surface area contributed by atoms with E-state index in [0.29, 0.717) is 12.0 Å². The van der Waals surface area contributed by atoms with Crippen LogP contribution in [0.2, 0.25) is 0 Å². The van der Waals surface area contributed by atoms with E-state index in [1.807, 2.05) is 71.0 Å². The van der Waals surface area contributed by atoms with Gasteiger partial charge in [-0.15, -0.1) is 0 Å². The van der Waals surface area contributed by atoms with Crippen LogP contribution in [-0.4, -0.2) is 81.3 Å². The van der Waals surface area contributed by atoms with Gasteiger partial charge in [0.05, 0.1) is 6.04 Å². The van der Waals surface area contributed by atoms with E-state index in [0.717, 1.165) is 40.9 Å². The molecule has 2 unspecified atom stereocenters. The van der Waals surface area contributed by atoms with Crippen molar-refractivity contribution in [2.24, 2.45) is 11.3 Å². The van der Waals surface area contributed by atoms with Crippen LogP contribution in [0.1, 0.15) is 105 Å². The van der Waals surface area contributed by atoms with E-state index in [2.05, 4.69) is 22.0 Å². The molecule has 1 fully saturated rings. The summed E-state index contributed by atoms with van der Waals surface area (Å²) in [7, 11) is 0. The molecule has 1 saturated heterocycles. The summed E-state index contributed by atoms with van der Waals surface area (Å²) in [6.45, 7) is 9.30. The van der Waals surface area contributed by atoms with Crippen molar-refractivity contribution >= 4 is 35.7 Å². The second kappa shape index (κ2) is 17.8. The third-order valence-electron chi connectivity index (χ3n) is 11.7. The minimum absolute atomic E-state index is 0.00640. The number of carbonyl (C=O) groups excluding carboxylic acids is 5. The lowest BCUT2D eigenvalue weighted by Gasteiger charge is -2.42. The number of hydrogen-bond donors (Lipinski definition) is 4. The van der Waals surface area contributed by atoms with Gasteiger partial charge < -0.3 is 30.7 Å². The quantitative estimate of drug-likeness (QED) is 0.202. The normalized spacial score (nSPS) is 21.1. The Hall–Kier alpha value is -5.72. The molecule has 0 radical (unpaired) electrons. The van der Waals surface area contributed by atoms with Gasteiger partial charge in [-0.2, -0.15) is 0 Å². The number of rotatable bonds is 11. The van der Waals surface area contributed by atoms with Crippen LogP contribution in [0.15, 0.2) is 72.8 Å². The molecule has 3 aromatic carbocycles. The van der Waals surface area contributed by atoms with Crippen molar-refractivity contribution in [2.45, 2.75) is 117 Å². The largest absolute Gasteiger partial charge is 0.480 e. The Morgan fingerprint density at radius 1 is 0.879 bits per heavy atom. The Kier molecular flexibility index (Phi) is 12.9. The van der Waals surface area contributed by atoms with E-state index < -0.39 is 53.5 Å². The van der Waals surface area contributed by atoms with Crippen molar-refractivity contribution in [3.8, 4) is 0 Å². The fourth-order valence-corrected chi connectivity index (χ4v) is 8.10. The summed E-state index contributed by atoms with van der Waals surface area (Å²) in [5, 5.41) is 19.0. The fraction of sp³-hybridized carbons (Fsp3) is 0.467. The van der Waals surface area contributed by atoms with Gasteiger partial charge in [0.1, 0.15) is 24.7 Å².